The molecule has 0 saturated carbocycles. The molecule has 3 aromatic rings. The van der Waals surface area contributed by atoms with Crippen molar-refractivity contribution in [1.29, 1.82) is 0 Å². The lowest BCUT2D eigenvalue weighted by molar-refractivity contribution is 0.880. The van der Waals surface area contributed by atoms with Gasteiger partial charge in [0.15, 0.2) is 0 Å². The minimum Gasteiger partial charge on any atom is -0.320 e. The summed E-state index contributed by atoms with van der Waals surface area (Å²) in [7, 11) is 0. The summed E-state index contributed by atoms with van der Waals surface area (Å²) in [5.41, 5.74) is 8.49. The molecule has 4 heteroatoms. The summed E-state index contributed by atoms with van der Waals surface area (Å²) in [5.74, 6) is 0. The SMILES string of the molecule is NC(c1ccc(Cl)c(Br)c1)c1ccc(Cl)c2ccccc12. The average molecular weight is 381 g/mol. The van der Waals surface area contributed by atoms with Crippen molar-refractivity contribution in [2.45, 2.75) is 6.04 Å². The third-order valence-corrected chi connectivity index (χ3v) is 5.09. The molecule has 106 valence electrons. The smallest absolute Gasteiger partial charge is 0.0558 e. The molecule has 0 saturated heterocycles. The predicted molar refractivity (Wildman–Crippen MR) is 94.1 cm³/mol. The van der Waals surface area contributed by atoms with Crippen LogP contribution in [0.1, 0.15) is 17.2 Å². The number of halogens is 3. The van der Waals surface area contributed by atoms with E-state index in [0.29, 0.717) is 5.02 Å². The monoisotopic (exact) mass is 379 g/mol. The second-order valence-electron chi connectivity index (χ2n) is 4.83. The van der Waals surface area contributed by atoms with Gasteiger partial charge in [-0.1, -0.05) is 59.6 Å². The van der Waals surface area contributed by atoms with Crippen molar-refractivity contribution in [3.05, 3.63) is 80.2 Å². The summed E-state index contributed by atoms with van der Waals surface area (Å²) in [5, 5.41) is 3.49. The minimum atomic E-state index is -0.235. The van der Waals surface area contributed by atoms with Gasteiger partial charge < -0.3 is 5.73 Å². The summed E-state index contributed by atoms with van der Waals surface area (Å²) >= 11 is 15.7. The fourth-order valence-corrected chi connectivity index (χ4v) is 3.18. The van der Waals surface area contributed by atoms with Gasteiger partial charge >= 0.3 is 0 Å². The molecular weight excluding hydrogens is 369 g/mol. The fourth-order valence-electron chi connectivity index (χ4n) is 2.44. The molecule has 2 N–H and O–H groups in total. The third-order valence-electron chi connectivity index (χ3n) is 3.54. The molecule has 0 heterocycles. The van der Waals surface area contributed by atoms with Crippen molar-refractivity contribution in [3.8, 4) is 0 Å². The van der Waals surface area contributed by atoms with Crippen LogP contribution in [0.15, 0.2) is 59.1 Å². The zero-order chi connectivity index (χ0) is 15.0. The van der Waals surface area contributed by atoms with E-state index in [-0.39, 0.29) is 6.04 Å². The molecule has 1 atom stereocenters. The number of fused-ring (bicyclic) bond motifs is 1. The zero-order valence-electron chi connectivity index (χ0n) is 11.0. The van der Waals surface area contributed by atoms with Crippen LogP contribution < -0.4 is 5.73 Å². The highest BCUT2D eigenvalue weighted by molar-refractivity contribution is 9.10. The van der Waals surface area contributed by atoms with Crippen LogP contribution in [-0.2, 0) is 0 Å². The molecule has 1 unspecified atom stereocenters. The van der Waals surface area contributed by atoms with Crippen molar-refractivity contribution in [1.82, 2.24) is 0 Å². The summed E-state index contributed by atoms with van der Waals surface area (Å²) in [6, 6.07) is 17.4. The molecule has 0 aliphatic rings. The Labute approximate surface area is 141 Å². The van der Waals surface area contributed by atoms with Gasteiger partial charge in [-0.05, 0) is 50.6 Å². The van der Waals surface area contributed by atoms with Crippen molar-refractivity contribution < 1.29 is 0 Å². The van der Waals surface area contributed by atoms with Gasteiger partial charge in [-0.3, -0.25) is 0 Å². The molecule has 0 fully saturated rings. The minimum absolute atomic E-state index is 0.235. The van der Waals surface area contributed by atoms with E-state index >= 15 is 0 Å². The lowest BCUT2D eigenvalue weighted by Crippen LogP contribution is -2.12. The van der Waals surface area contributed by atoms with Gasteiger partial charge in [0.05, 0.1) is 11.1 Å². The number of nitrogens with two attached hydrogens (primary N) is 1. The van der Waals surface area contributed by atoms with Crippen LogP contribution in [0.4, 0.5) is 0 Å². The van der Waals surface area contributed by atoms with Gasteiger partial charge in [0, 0.05) is 14.9 Å². The summed E-state index contributed by atoms with van der Waals surface area (Å²) in [4.78, 5) is 0. The Hall–Kier alpha value is -1.06. The van der Waals surface area contributed by atoms with Crippen LogP contribution in [0.3, 0.4) is 0 Å². The highest BCUT2D eigenvalue weighted by atomic mass is 79.9. The fraction of sp³-hybridized carbons (Fsp3) is 0.0588. The van der Waals surface area contributed by atoms with Gasteiger partial charge in [-0.2, -0.15) is 0 Å². The Balaban J connectivity index is 2.15. The maximum atomic E-state index is 6.44. The van der Waals surface area contributed by atoms with Crippen LogP contribution >= 0.6 is 39.1 Å². The molecule has 0 spiro atoms. The van der Waals surface area contributed by atoms with Crippen molar-refractivity contribution in [2.24, 2.45) is 5.73 Å². The molecule has 3 aromatic carbocycles. The Morgan fingerprint density at radius 1 is 0.857 bits per heavy atom. The second-order valence-corrected chi connectivity index (χ2v) is 6.50. The highest BCUT2D eigenvalue weighted by Crippen LogP contribution is 2.33. The van der Waals surface area contributed by atoms with Gasteiger partial charge in [0.25, 0.3) is 0 Å². The van der Waals surface area contributed by atoms with Gasteiger partial charge in [-0.15, -0.1) is 0 Å². The van der Waals surface area contributed by atoms with Crippen LogP contribution in [0, 0.1) is 0 Å². The molecule has 0 aliphatic carbocycles. The molecule has 0 amide bonds. The standard InChI is InChI=1S/C17H12BrCl2N/c18-14-9-10(5-7-16(14)20)17(21)13-6-8-15(19)12-4-2-1-3-11(12)13/h1-9,17H,21H2. The van der Waals surface area contributed by atoms with E-state index in [1.807, 2.05) is 54.6 Å². The van der Waals surface area contributed by atoms with Crippen molar-refractivity contribution >= 4 is 49.9 Å². The Morgan fingerprint density at radius 3 is 2.24 bits per heavy atom. The van der Waals surface area contributed by atoms with Crippen LogP contribution in [-0.4, -0.2) is 0 Å². The molecular formula is C17H12BrCl2N. The largest absolute Gasteiger partial charge is 0.320 e. The predicted octanol–water partition coefficient (Wildman–Crippen LogP) is 5.96. The topological polar surface area (TPSA) is 26.0 Å². The Kier molecular flexibility index (Phi) is 4.23. The van der Waals surface area contributed by atoms with E-state index in [9.17, 15) is 0 Å². The summed E-state index contributed by atoms with van der Waals surface area (Å²) in [6.07, 6.45) is 0. The van der Waals surface area contributed by atoms with E-state index in [4.69, 9.17) is 28.9 Å². The highest BCUT2D eigenvalue weighted by Gasteiger charge is 2.14. The molecule has 21 heavy (non-hydrogen) atoms. The zero-order valence-corrected chi connectivity index (χ0v) is 14.1. The maximum absolute atomic E-state index is 6.44. The molecule has 0 aliphatic heterocycles. The molecule has 0 bridgehead atoms. The Bertz CT molecular complexity index is 817. The number of benzene rings is 3. The van der Waals surface area contributed by atoms with Crippen LogP contribution in [0.2, 0.25) is 10.0 Å². The number of rotatable bonds is 2. The van der Waals surface area contributed by atoms with E-state index < -0.39 is 0 Å². The summed E-state index contributed by atoms with van der Waals surface area (Å²) < 4.78 is 0.843. The first-order valence-corrected chi connectivity index (χ1v) is 8.00. The van der Waals surface area contributed by atoms with Crippen molar-refractivity contribution in [3.63, 3.8) is 0 Å². The normalized spacial score (nSPS) is 12.6. The summed E-state index contributed by atoms with van der Waals surface area (Å²) in [6.45, 7) is 0. The van der Waals surface area contributed by atoms with E-state index in [0.717, 1.165) is 31.4 Å². The molecule has 0 radical (unpaired) electrons. The van der Waals surface area contributed by atoms with Crippen LogP contribution in [0.5, 0.6) is 0 Å². The number of hydrogen-bond acceptors (Lipinski definition) is 1. The third kappa shape index (κ3) is 2.82. The Morgan fingerprint density at radius 2 is 1.52 bits per heavy atom. The average Bonchev–Trinajstić information content (AvgIpc) is 2.50. The van der Waals surface area contributed by atoms with E-state index in [1.165, 1.54) is 0 Å². The van der Waals surface area contributed by atoms with E-state index in [2.05, 4.69) is 15.9 Å². The quantitative estimate of drug-likeness (QED) is 0.583. The van der Waals surface area contributed by atoms with Crippen molar-refractivity contribution in [2.75, 3.05) is 0 Å². The van der Waals surface area contributed by atoms with Gasteiger partial charge in [0.1, 0.15) is 0 Å². The lowest BCUT2D eigenvalue weighted by Gasteiger charge is -2.16. The molecule has 1 nitrogen and oxygen atoms in total. The number of hydrogen-bond donors (Lipinski definition) is 1. The molecule has 3 rings (SSSR count). The first-order chi connectivity index (χ1) is 10.1. The van der Waals surface area contributed by atoms with Gasteiger partial charge in [-0.25, -0.2) is 0 Å². The first-order valence-electron chi connectivity index (χ1n) is 6.45. The van der Waals surface area contributed by atoms with Gasteiger partial charge in [0.2, 0.25) is 0 Å². The lowest BCUT2D eigenvalue weighted by atomic mass is 9.94. The van der Waals surface area contributed by atoms with Crippen LogP contribution in [0.25, 0.3) is 10.8 Å². The molecule has 0 aromatic heterocycles. The maximum Gasteiger partial charge on any atom is 0.0558 e. The first kappa shape index (κ1) is 14.9. The second kappa shape index (κ2) is 5.98. The van der Waals surface area contributed by atoms with E-state index in [1.54, 1.807) is 0 Å².